The fourth-order valence-corrected chi connectivity index (χ4v) is 5.31. The average Bonchev–Trinajstić information content (AvgIpc) is 3.51. The molecule has 3 heterocycles. The second-order valence-electron chi connectivity index (χ2n) is 9.15. The highest BCUT2D eigenvalue weighted by atomic mass is 35.5. The molecule has 0 saturated carbocycles. The van der Waals surface area contributed by atoms with Crippen molar-refractivity contribution in [3.8, 4) is 11.5 Å². The first-order valence-electron chi connectivity index (χ1n) is 12.5. The molecule has 8 heteroatoms. The van der Waals surface area contributed by atoms with Gasteiger partial charge in [0.1, 0.15) is 11.6 Å². The first kappa shape index (κ1) is 24.0. The number of nitrogens with one attached hydrogen (secondary N) is 1. The highest BCUT2D eigenvalue weighted by Crippen LogP contribution is 2.39. The zero-order valence-electron chi connectivity index (χ0n) is 20.7. The molecule has 2 amide bonds. The smallest absolute Gasteiger partial charge is 0.307 e. The van der Waals surface area contributed by atoms with Crippen molar-refractivity contribution < 1.29 is 9.18 Å². The van der Waals surface area contributed by atoms with E-state index in [2.05, 4.69) is 16.8 Å². The number of hydrogen-bond donors (Lipinski definition) is 1. The molecule has 1 aliphatic rings. The largest absolute Gasteiger partial charge is 0.323 e. The maximum absolute atomic E-state index is 14.5. The van der Waals surface area contributed by atoms with Crippen LogP contribution in [0.4, 0.5) is 14.9 Å². The van der Waals surface area contributed by atoms with Crippen LogP contribution in [0.25, 0.3) is 11.5 Å². The first-order chi connectivity index (χ1) is 18.5. The fourth-order valence-electron chi connectivity index (χ4n) is 5.13. The molecule has 0 radical (unpaired) electrons. The molecule has 1 N–H and O–H groups in total. The van der Waals surface area contributed by atoms with Crippen molar-refractivity contribution >= 4 is 23.3 Å². The molecule has 38 heavy (non-hydrogen) atoms. The molecule has 0 unspecified atom stereocenters. The van der Waals surface area contributed by atoms with Crippen LogP contribution < -0.4 is 5.32 Å². The Morgan fingerprint density at radius 1 is 1.03 bits per heavy atom. The van der Waals surface area contributed by atoms with Crippen molar-refractivity contribution in [1.82, 2.24) is 19.2 Å². The van der Waals surface area contributed by atoms with Gasteiger partial charge in [0, 0.05) is 11.8 Å². The number of benzene rings is 3. The predicted molar refractivity (Wildman–Crippen MR) is 147 cm³/mol. The van der Waals surface area contributed by atoms with E-state index in [1.165, 1.54) is 12.1 Å². The molecular weight excluding hydrogens is 501 g/mol. The Kier molecular flexibility index (Phi) is 6.21. The number of nitrogens with zero attached hydrogens (tertiary/aromatic N) is 4. The van der Waals surface area contributed by atoms with Gasteiger partial charge in [0.05, 0.1) is 40.4 Å². The number of amides is 2. The van der Waals surface area contributed by atoms with Crippen molar-refractivity contribution in [2.75, 3.05) is 5.32 Å². The number of para-hydroxylation sites is 2. The van der Waals surface area contributed by atoms with Crippen molar-refractivity contribution in [3.05, 3.63) is 131 Å². The quantitative estimate of drug-likeness (QED) is 0.271. The van der Waals surface area contributed by atoms with Gasteiger partial charge in [0.15, 0.2) is 0 Å². The van der Waals surface area contributed by atoms with Gasteiger partial charge in [0.2, 0.25) is 0 Å². The summed E-state index contributed by atoms with van der Waals surface area (Å²) in [4.78, 5) is 15.7. The van der Waals surface area contributed by atoms with Crippen LogP contribution in [0, 0.1) is 5.82 Å². The van der Waals surface area contributed by atoms with Crippen molar-refractivity contribution in [1.29, 1.82) is 0 Å². The van der Waals surface area contributed by atoms with Gasteiger partial charge in [-0.1, -0.05) is 61.0 Å². The monoisotopic (exact) mass is 525 g/mol. The fraction of sp³-hybridized carbons (Fsp3) is 0.133. The molecule has 0 aliphatic carbocycles. The Morgan fingerprint density at radius 3 is 2.58 bits per heavy atom. The van der Waals surface area contributed by atoms with Gasteiger partial charge < -0.3 is 14.8 Å². The van der Waals surface area contributed by atoms with E-state index in [4.69, 9.17) is 16.7 Å². The van der Waals surface area contributed by atoms with Gasteiger partial charge in [-0.2, -0.15) is 5.10 Å². The van der Waals surface area contributed by atoms with E-state index in [0.29, 0.717) is 22.7 Å². The van der Waals surface area contributed by atoms with E-state index in [0.717, 1.165) is 28.5 Å². The van der Waals surface area contributed by atoms with Gasteiger partial charge in [-0.05, 0) is 60.5 Å². The highest BCUT2D eigenvalue weighted by molar-refractivity contribution is 6.33. The number of fused-ring (bicyclic) bond motifs is 3. The summed E-state index contributed by atoms with van der Waals surface area (Å²) >= 11 is 6.38. The molecule has 1 atom stereocenters. The summed E-state index contributed by atoms with van der Waals surface area (Å²) in [6.07, 6.45) is 2.65. The zero-order valence-corrected chi connectivity index (χ0v) is 21.4. The van der Waals surface area contributed by atoms with Gasteiger partial charge >= 0.3 is 6.03 Å². The summed E-state index contributed by atoms with van der Waals surface area (Å²) in [6.45, 7) is 2.32. The third-order valence-electron chi connectivity index (χ3n) is 6.84. The summed E-state index contributed by atoms with van der Waals surface area (Å²) in [5, 5.41) is 8.38. The summed E-state index contributed by atoms with van der Waals surface area (Å²) in [6, 6.07) is 26.4. The van der Waals surface area contributed by atoms with Crippen LogP contribution in [0.5, 0.6) is 0 Å². The van der Waals surface area contributed by atoms with Gasteiger partial charge in [-0.15, -0.1) is 0 Å². The van der Waals surface area contributed by atoms with E-state index in [1.807, 2.05) is 71.5 Å². The summed E-state index contributed by atoms with van der Waals surface area (Å²) in [5.74, 6) is 0.501. The SMILES string of the molecule is CCc1nn(-c2ccccc2)c2c1CN(C(=O)Nc1ccccc1Cl)[C@@H](c1cccc(F)c1)c1cccn1-2. The molecular formula is C30H25ClFN5O. The van der Waals surface area contributed by atoms with Crippen molar-refractivity contribution in [2.24, 2.45) is 0 Å². The van der Waals surface area contributed by atoms with Gasteiger partial charge in [-0.3, -0.25) is 0 Å². The van der Waals surface area contributed by atoms with Crippen LogP contribution in [0.3, 0.4) is 0 Å². The van der Waals surface area contributed by atoms with Gasteiger partial charge in [0.25, 0.3) is 0 Å². The minimum atomic E-state index is -0.565. The Balaban J connectivity index is 1.57. The Bertz CT molecular complexity index is 1630. The molecule has 3 aromatic carbocycles. The van der Waals surface area contributed by atoms with E-state index >= 15 is 0 Å². The zero-order chi connectivity index (χ0) is 26.2. The molecule has 0 bridgehead atoms. The first-order valence-corrected chi connectivity index (χ1v) is 12.8. The van der Waals surface area contributed by atoms with Crippen LogP contribution in [0.2, 0.25) is 5.02 Å². The lowest BCUT2D eigenvalue weighted by Gasteiger charge is -2.31. The average molecular weight is 526 g/mol. The van der Waals surface area contributed by atoms with E-state index in [9.17, 15) is 9.18 Å². The van der Waals surface area contributed by atoms with Gasteiger partial charge in [-0.25, -0.2) is 13.9 Å². The second-order valence-corrected chi connectivity index (χ2v) is 9.56. The van der Waals surface area contributed by atoms with Crippen LogP contribution in [0.1, 0.15) is 35.5 Å². The van der Waals surface area contributed by atoms with E-state index < -0.39 is 6.04 Å². The second kappa shape index (κ2) is 9.84. The minimum Gasteiger partial charge on any atom is -0.307 e. The van der Waals surface area contributed by atoms with Crippen LogP contribution >= 0.6 is 11.6 Å². The number of aromatic nitrogens is 3. The normalized spacial score (nSPS) is 14.5. The van der Waals surface area contributed by atoms with E-state index in [-0.39, 0.29) is 18.4 Å². The summed E-state index contributed by atoms with van der Waals surface area (Å²) < 4.78 is 18.5. The highest BCUT2D eigenvalue weighted by Gasteiger charge is 2.36. The maximum Gasteiger partial charge on any atom is 0.323 e. The lowest BCUT2D eigenvalue weighted by atomic mass is 10.0. The molecule has 0 saturated heterocycles. The molecule has 2 aromatic heterocycles. The molecule has 190 valence electrons. The van der Waals surface area contributed by atoms with Crippen LogP contribution in [-0.4, -0.2) is 25.3 Å². The number of carbonyl (C=O) groups excluding carboxylic acids is 1. The number of hydrogen-bond acceptors (Lipinski definition) is 2. The standard InChI is InChI=1S/C30H25ClFN5O/c1-2-25-23-19-36(30(38)33-26-15-7-6-14-24(26)31)28(20-10-8-11-21(32)18-20)27-16-9-17-35(27)29(23)37(34-25)22-12-4-3-5-13-22/h3-18,28H,2,19H2,1H3,(H,33,38)/t28-/m0/s1. The third-order valence-corrected chi connectivity index (χ3v) is 7.17. The number of halogens is 2. The molecule has 6 nitrogen and oxygen atoms in total. The molecule has 1 aliphatic heterocycles. The number of urea groups is 1. The maximum atomic E-state index is 14.5. The lowest BCUT2D eigenvalue weighted by molar-refractivity contribution is 0.194. The third kappa shape index (κ3) is 4.15. The number of rotatable bonds is 4. The molecule has 6 rings (SSSR count). The molecule has 0 fully saturated rings. The lowest BCUT2D eigenvalue weighted by Crippen LogP contribution is -2.38. The van der Waals surface area contributed by atoms with Crippen LogP contribution in [0.15, 0.2) is 97.2 Å². The van der Waals surface area contributed by atoms with Crippen molar-refractivity contribution in [3.63, 3.8) is 0 Å². The summed E-state index contributed by atoms with van der Waals surface area (Å²) in [5.41, 5.74) is 4.73. The predicted octanol–water partition coefficient (Wildman–Crippen LogP) is 7.16. The number of aryl methyl sites for hydroxylation is 1. The van der Waals surface area contributed by atoms with Crippen molar-refractivity contribution in [2.45, 2.75) is 25.9 Å². The summed E-state index contributed by atoms with van der Waals surface area (Å²) in [7, 11) is 0. The molecule has 0 spiro atoms. The Morgan fingerprint density at radius 2 is 1.82 bits per heavy atom. The Labute approximate surface area is 224 Å². The minimum absolute atomic E-state index is 0.268. The number of carbonyl (C=O) groups is 1. The van der Waals surface area contributed by atoms with Crippen LogP contribution in [-0.2, 0) is 13.0 Å². The Hall–Kier alpha value is -4.36. The number of anilines is 1. The topological polar surface area (TPSA) is 55.1 Å². The van der Waals surface area contributed by atoms with E-state index in [1.54, 1.807) is 23.1 Å². The molecule has 5 aromatic rings.